The van der Waals surface area contributed by atoms with Gasteiger partial charge in [-0.3, -0.25) is 4.90 Å². The van der Waals surface area contributed by atoms with Gasteiger partial charge < -0.3 is 5.32 Å². The molecule has 1 N–H and O–H groups in total. The van der Waals surface area contributed by atoms with E-state index in [4.69, 9.17) is 5.26 Å². The van der Waals surface area contributed by atoms with Gasteiger partial charge in [-0.1, -0.05) is 6.92 Å². The normalized spacial score (nSPS) is 19.7. The van der Waals surface area contributed by atoms with E-state index in [2.05, 4.69) is 29.3 Å². The van der Waals surface area contributed by atoms with Crippen LogP contribution >= 0.6 is 0 Å². The van der Waals surface area contributed by atoms with E-state index >= 15 is 0 Å². The molecule has 1 atom stereocenters. The Kier molecular flexibility index (Phi) is 4.22. The van der Waals surface area contributed by atoms with Gasteiger partial charge >= 0.3 is 0 Å². The molecule has 1 unspecified atom stereocenters. The Morgan fingerprint density at radius 2 is 2.33 bits per heavy atom. The first kappa shape index (κ1) is 12.9. The molecule has 0 aromatic heterocycles. The Bertz CT molecular complexity index is 448. The molecule has 2 rings (SSSR count). The zero-order chi connectivity index (χ0) is 13.0. The number of likely N-dealkylation sites (tertiary alicyclic amines) is 1. The van der Waals surface area contributed by atoms with Crippen LogP contribution in [0.1, 0.15) is 30.9 Å². The van der Waals surface area contributed by atoms with Crippen molar-refractivity contribution in [2.24, 2.45) is 0 Å². The van der Waals surface area contributed by atoms with Gasteiger partial charge in [-0.25, -0.2) is 0 Å². The molecule has 1 heterocycles. The maximum absolute atomic E-state index is 8.90. The summed E-state index contributed by atoms with van der Waals surface area (Å²) in [6.07, 6.45) is 2.60. The van der Waals surface area contributed by atoms with Gasteiger partial charge in [0.05, 0.1) is 11.6 Å². The van der Waals surface area contributed by atoms with Gasteiger partial charge in [0.15, 0.2) is 0 Å². The molecule has 0 amide bonds. The monoisotopic (exact) mass is 243 g/mol. The van der Waals surface area contributed by atoms with Crippen LogP contribution < -0.4 is 5.32 Å². The summed E-state index contributed by atoms with van der Waals surface area (Å²) in [5, 5.41) is 12.4. The summed E-state index contributed by atoms with van der Waals surface area (Å²) in [5.41, 5.74) is 2.92. The summed E-state index contributed by atoms with van der Waals surface area (Å²) in [6, 6.07) is 8.81. The molecule has 0 aliphatic carbocycles. The summed E-state index contributed by atoms with van der Waals surface area (Å²) in [7, 11) is 0. The Hall–Kier alpha value is -1.53. The second-order valence-electron chi connectivity index (χ2n) is 4.95. The van der Waals surface area contributed by atoms with Gasteiger partial charge in [0.25, 0.3) is 0 Å². The van der Waals surface area contributed by atoms with Crippen molar-refractivity contribution in [3.63, 3.8) is 0 Å². The number of rotatable bonds is 4. The Balaban J connectivity index is 1.94. The quantitative estimate of drug-likeness (QED) is 0.883. The summed E-state index contributed by atoms with van der Waals surface area (Å²) >= 11 is 0. The van der Waals surface area contributed by atoms with E-state index < -0.39 is 0 Å². The smallest absolute Gasteiger partial charge is 0.0994 e. The van der Waals surface area contributed by atoms with Gasteiger partial charge in [-0.05, 0) is 56.6 Å². The van der Waals surface area contributed by atoms with Crippen LogP contribution in [0.5, 0.6) is 0 Å². The number of anilines is 1. The predicted octanol–water partition coefficient (Wildman–Crippen LogP) is 2.76. The first-order valence-corrected chi connectivity index (χ1v) is 6.73. The zero-order valence-electron chi connectivity index (χ0n) is 11.2. The second kappa shape index (κ2) is 5.88. The molecule has 0 bridgehead atoms. The molecule has 96 valence electrons. The zero-order valence-corrected chi connectivity index (χ0v) is 11.2. The molecule has 1 saturated heterocycles. The highest BCUT2D eigenvalue weighted by atomic mass is 15.2. The molecule has 1 aliphatic rings. The highest BCUT2D eigenvalue weighted by molar-refractivity contribution is 5.51. The van der Waals surface area contributed by atoms with Crippen molar-refractivity contribution in [1.82, 2.24) is 4.90 Å². The number of nitrogens with zero attached hydrogens (tertiary/aromatic N) is 2. The van der Waals surface area contributed by atoms with Crippen molar-refractivity contribution in [1.29, 1.82) is 5.26 Å². The average molecular weight is 243 g/mol. The summed E-state index contributed by atoms with van der Waals surface area (Å²) in [4.78, 5) is 2.53. The lowest BCUT2D eigenvalue weighted by Gasteiger charge is -2.23. The van der Waals surface area contributed by atoms with E-state index in [1.807, 2.05) is 19.1 Å². The fraction of sp³-hybridized carbons (Fsp3) is 0.533. The lowest BCUT2D eigenvalue weighted by molar-refractivity contribution is 0.277. The van der Waals surface area contributed by atoms with Gasteiger partial charge in [0, 0.05) is 18.3 Å². The standard InChI is InChI=1S/C15H21N3/c1-3-18-8-4-5-15(18)11-17-14-7-6-13(10-16)12(2)9-14/h6-7,9,15,17H,3-5,8,11H2,1-2H3. The van der Waals surface area contributed by atoms with Crippen LogP contribution in [-0.2, 0) is 0 Å². The van der Waals surface area contributed by atoms with Gasteiger partial charge in [0.1, 0.15) is 0 Å². The lowest BCUT2D eigenvalue weighted by atomic mass is 10.1. The number of hydrogen-bond donors (Lipinski definition) is 1. The van der Waals surface area contributed by atoms with Crippen LogP contribution in [0.3, 0.4) is 0 Å². The average Bonchev–Trinajstić information content (AvgIpc) is 2.84. The second-order valence-corrected chi connectivity index (χ2v) is 4.95. The molecule has 0 spiro atoms. The van der Waals surface area contributed by atoms with E-state index in [9.17, 15) is 0 Å². The fourth-order valence-electron chi connectivity index (χ4n) is 2.68. The third-order valence-corrected chi connectivity index (χ3v) is 3.79. The number of hydrogen-bond acceptors (Lipinski definition) is 3. The highest BCUT2D eigenvalue weighted by Crippen LogP contribution is 2.19. The summed E-state index contributed by atoms with van der Waals surface area (Å²) in [5.74, 6) is 0. The third kappa shape index (κ3) is 2.83. The molecular formula is C15H21N3. The lowest BCUT2D eigenvalue weighted by Crippen LogP contribution is -2.34. The van der Waals surface area contributed by atoms with E-state index in [1.165, 1.54) is 19.4 Å². The number of likely N-dealkylation sites (N-methyl/N-ethyl adjacent to an activating group) is 1. The van der Waals surface area contributed by atoms with Crippen LogP contribution in [-0.4, -0.2) is 30.6 Å². The fourth-order valence-corrected chi connectivity index (χ4v) is 2.68. The molecule has 1 aliphatic heterocycles. The molecule has 1 aromatic carbocycles. The third-order valence-electron chi connectivity index (χ3n) is 3.79. The Labute approximate surface area is 109 Å². The largest absolute Gasteiger partial charge is 0.383 e. The Morgan fingerprint density at radius 1 is 1.50 bits per heavy atom. The van der Waals surface area contributed by atoms with Crippen molar-refractivity contribution < 1.29 is 0 Å². The minimum absolute atomic E-state index is 0.658. The molecule has 0 radical (unpaired) electrons. The van der Waals surface area contributed by atoms with E-state index in [1.54, 1.807) is 0 Å². The first-order valence-electron chi connectivity index (χ1n) is 6.73. The molecule has 18 heavy (non-hydrogen) atoms. The predicted molar refractivity (Wildman–Crippen MR) is 74.7 cm³/mol. The van der Waals surface area contributed by atoms with E-state index in [0.29, 0.717) is 6.04 Å². The topological polar surface area (TPSA) is 39.1 Å². The molecule has 3 nitrogen and oxygen atoms in total. The number of aryl methyl sites for hydroxylation is 1. The minimum Gasteiger partial charge on any atom is -0.383 e. The highest BCUT2D eigenvalue weighted by Gasteiger charge is 2.22. The van der Waals surface area contributed by atoms with Gasteiger partial charge in [-0.2, -0.15) is 5.26 Å². The van der Waals surface area contributed by atoms with Crippen molar-refractivity contribution in [3.8, 4) is 6.07 Å². The van der Waals surface area contributed by atoms with E-state index in [0.717, 1.165) is 29.9 Å². The maximum atomic E-state index is 8.90. The van der Waals surface area contributed by atoms with Crippen LogP contribution in [0.4, 0.5) is 5.69 Å². The van der Waals surface area contributed by atoms with Crippen molar-refractivity contribution in [2.45, 2.75) is 32.7 Å². The number of nitrogens with one attached hydrogen (secondary N) is 1. The van der Waals surface area contributed by atoms with E-state index in [-0.39, 0.29) is 0 Å². The number of nitriles is 1. The molecule has 1 fully saturated rings. The van der Waals surface area contributed by atoms with Crippen LogP contribution in [0.2, 0.25) is 0 Å². The molecule has 1 aromatic rings. The maximum Gasteiger partial charge on any atom is 0.0994 e. The SMILES string of the molecule is CCN1CCCC1CNc1ccc(C#N)c(C)c1. The van der Waals surface area contributed by atoms with Gasteiger partial charge in [0.2, 0.25) is 0 Å². The first-order chi connectivity index (χ1) is 8.74. The Morgan fingerprint density at radius 3 is 3.00 bits per heavy atom. The minimum atomic E-state index is 0.658. The summed E-state index contributed by atoms with van der Waals surface area (Å²) in [6.45, 7) is 7.58. The summed E-state index contributed by atoms with van der Waals surface area (Å²) < 4.78 is 0. The van der Waals surface area contributed by atoms with Crippen molar-refractivity contribution in [2.75, 3.05) is 25.0 Å². The molecule has 0 saturated carbocycles. The number of benzene rings is 1. The van der Waals surface area contributed by atoms with Crippen LogP contribution in [0.25, 0.3) is 0 Å². The van der Waals surface area contributed by atoms with Gasteiger partial charge in [-0.15, -0.1) is 0 Å². The molecule has 3 heteroatoms. The van der Waals surface area contributed by atoms with Crippen molar-refractivity contribution >= 4 is 5.69 Å². The van der Waals surface area contributed by atoms with Crippen molar-refractivity contribution in [3.05, 3.63) is 29.3 Å². The van der Waals surface area contributed by atoms with Crippen LogP contribution in [0, 0.1) is 18.3 Å². The molecular weight excluding hydrogens is 222 g/mol. The van der Waals surface area contributed by atoms with Crippen LogP contribution in [0.15, 0.2) is 18.2 Å².